The van der Waals surface area contributed by atoms with E-state index in [1.807, 2.05) is 73.9 Å². The van der Waals surface area contributed by atoms with Gasteiger partial charge in [0.05, 0.1) is 12.6 Å². The topological polar surface area (TPSA) is 152 Å². The van der Waals surface area contributed by atoms with E-state index < -0.39 is 12.1 Å². The Kier molecular flexibility index (Phi) is 11.2. The summed E-state index contributed by atoms with van der Waals surface area (Å²) in [5.74, 6) is 1.95. The Morgan fingerprint density at radius 1 is 1.06 bits per heavy atom. The Morgan fingerprint density at radius 2 is 1.85 bits per heavy atom. The first-order valence-electron chi connectivity index (χ1n) is 16.2. The van der Waals surface area contributed by atoms with E-state index in [-0.39, 0.29) is 36.5 Å². The molecule has 13 nitrogen and oxygen atoms in total. The van der Waals surface area contributed by atoms with Crippen molar-refractivity contribution in [3.63, 3.8) is 0 Å². The van der Waals surface area contributed by atoms with Crippen molar-refractivity contribution in [3.05, 3.63) is 59.4 Å². The van der Waals surface area contributed by atoms with Gasteiger partial charge in [0, 0.05) is 42.9 Å². The predicted molar refractivity (Wildman–Crippen MR) is 181 cm³/mol. The minimum absolute atomic E-state index is 0.0181. The van der Waals surface area contributed by atoms with Crippen molar-refractivity contribution in [2.75, 3.05) is 25.1 Å². The van der Waals surface area contributed by atoms with Gasteiger partial charge in [-0.05, 0) is 56.6 Å². The summed E-state index contributed by atoms with van der Waals surface area (Å²) < 4.78 is 3.52. The van der Waals surface area contributed by atoms with Crippen molar-refractivity contribution in [1.29, 1.82) is 0 Å². The maximum atomic E-state index is 13.8. The quantitative estimate of drug-likeness (QED) is 0.290. The van der Waals surface area contributed by atoms with Crippen LogP contribution in [0.25, 0.3) is 17.2 Å². The first-order chi connectivity index (χ1) is 22.7. The predicted octanol–water partition coefficient (Wildman–Crippen LogP) is 3.31. The average molecular weight is 661 g/mol. The van der Waals surface area contributed by atoms with Gasteiger partial charge in [-0.15, -0.1) is 0 Å². The number of nitrogens with one attached hydrogen (secondary N) is 2. The fourth-order valence-electron chi connectivity index (χ4n) is 5.93. The van der Waals surface area contributed by atoms with Crippen LogP contribution in [0, 0.1) is 19.8 Å². The molecule has 0 saturated carbocycles. The first-order valence-corrected chi connectivity index (χ1v) is 17.6. The van der Waals surface area contributed by atoms with Gasteiger partial charge in [0.1, 0.15) is 12.4 Å². The number of rotatable bonds is 8. The first kappa shape index (κ1) is 34.0. The van der Waals surface area contributed by atoms with Crippen LogP contribution in [-0.4, -0.2) is 88.1 Å². The zero-order valence-electron chi connectivity index (χ0n) is 27.8. The molecule has 0 fully saturated rings. The lowest BCUT2D eigenvalue weighted by molar-refractivity contribution is -0.132. The maximum absolute atomic E-state index is 13.8. The van der Waals surface area contributed by atoms with Gasteiger partial charge < -0.3 is 15.5 Å². The molecule has 0 bridgehead atoms. The number of thioether (sulfide) groups is 1. The minimum Gasteiger partial charge on any atom is -0.344 e. The zero-order chi connectivity index (χ0) is 33.5. The van der Waals surface area contributed by atoms with Crippen molar-refractivity contribution in [3.8, 4) is 11.4 Å². The highest BCUT2D eigenvalue weighted by atomic mass is 32.2. The van der Waals surface area contributed by atoms with Crippen LogP contribution in [0.3, 0.4) is 0 Å². The summed E-state index contributed by atoms with van der Waals surface area (Å²) in [6, 6.07) is 8.58. The van der Waals surface area contributed by atoms with E-state index in [2.05, 4.69) is 25.7 Å². The van der Waals surface area contributed by atoms with Crippen LogP contribution in [-0.2, 0) is 27.3 Å². The van der Waals surface area contributed by atoms with Crippen LogP contribution < -0.4 is 10.6 Å². The number of nitrogens with zero attached hydrogens (tertiary/aromatic N) is 8. The highest BCUT2D eigenvalue weighted by Gasteiger charge is 2.30. The van der Waals surface area contributed by atoms with Gasteiger partial charge >= 0.3 is 0 Å². The number of hydrogen-bond acceptors (Lipinski definition) is 9. The highest BCUT2D eigenvalue weighted by molar-refractivity contribution is 7.98. The van der Waals surface area contributed by atoms with E-state index in [1.54, 1.807) is 16.3 Å². The summed E-state index contributed by atoms with van der Waals surface area (Å²) >= 11 is 1.63. The molecule has 3 aromatic heterocycles. The van der Waals surface area contributed by atoms with Crippen molar-refractivity contribution >= 4 is 35.3 Å². The Hall–Kier alpha value is -4.33. The maximum Gasteiger partial charge on any atom is 0.252 e. The Morgan fingerprint density at radius 3 is 2.60 bits per heavy atom. The molecule has 0 saturated heterocycles. The molecule has 0 unspecified atom stereocenters. The van der Waals surface area contributed by atoms with Crippen molar-refractivity contribution in [2.45, 2.75) is 78.4 Å². The Bertz CT molecular complexity index is 1700. The van der Waals surface area contributed by atoms with Gasteiger partial charge in [-0.1, -0.05) is 44.2 Å². The van der Waals surface area contributed by atoms with Gasteiger partial charge in [-0.25, -0.2) is 19.2 Å². The smallest absolute Gasteiger partial charge is 0.252 e. The van der Waals surface area contributed by atoms with Crippen LogP contribution in [0.2, 0.25) is 0 Å². The third kappa shape index (κ3) is 8.16. The highest BCUT2D eigenvalue weighted by Crippen LogP contribution is 2.25. The molecule has 14 heteroatoms. The fourth-order valence-corrected chi connectivity index (χ4v) is 6.40. The van der Waals surface area contributed by atoms with Gasteiger partial charge in [-0.3, -0.25) is 14.4 Å². The molecule has 1 aromatic carbocycles. The summed E-state index contributed by atoms with van der Waals surface area (Å²) in [6.07, 6.45) is 5.40. The van der Waals surface area contributed by atoms with Crippen LogP contribution >= 0.6 is 11.8 Å². The number of fused-ring (bicyclic) bond motifs is 2. The van der Waals surface area contributed by atoms with E-state index in [4.69, 9.17) is 10.1 Å². The van der Waals surface area contributed by atoms with E-state index in [1.165, 1.54) is 6.33 Å². The number of benzene rings is 1. The molecule has 2 atom stereocenters. The third-order valence-corrected chi connectivity index (χ3v) is 9.23. The number of hydrogen-bond donors (Lipinski definition) is 2. The van der Waals surface area contributed by atoms with Gasteiger partial charge in [0.2, 0.25) is 17.7 Å². The zero-order valence-corrected chi connectivity index (χ0v) is 28.6. The fraction of sp³-hybridized carbons (Fsp3) is 0.515. The van der Waals surface area contributed by atoms with Gasteiger partial charge in [0.15, 0.2) is 11.6 Å². The number of aryl methyl sites for hydroxylation is 2. The van der Waals surface area contributed by atoms with E-state index in [0.717, 1.165) is 28.3 Å². The molecule has 0 radical (unpaired) electrons. The lowest BCUT2D eigenvalue weighted by Crippen LogP contribution is -2.49. The van der Waals surface area contributed by atoms with Gasteiger partial charge in [-0.2, -0.15) is 26.9 Å². The summed E-state index contributed by atoms with van der Waals surface area (Å²) in [7, 11) is 0. The van der Waals surface area contributed by atoms with E-state index in [9.17, 15) is 14.4 Å². The average Bonchev–Trinajstić information content (AvgIpc) is 3.70. The standard InChI is InChI=1S/C33H44N10O3S/c1-21(2)29-31-39-30(24-10-7-6-8-11-24)40-42(31)18-17-41(16-9-12-27(44)37-26(15-19-47-5)32(46)38-29)28(45)14-13-25-22(3)36-33-34-20-35-43(33)23(25)4/h6-8,10-11,20-21,26,29H,9,12-19H2,1-5H3,(H,37,44)(H,38,46)/t26-,29+/m0/s1. The minimum atomic E-state index is -0.677. The van der Waals surface area contributed by atoms with Crippen LogP contribution in [0.15, 0.2) is 36.7 Å². The molecule has 5 rings (SSSR count). The Labute approximate surface area is 279 Å². The lowest BCUT2D eigenvalue weighted by atomic mass is 10.0. The molecule has 2 N–H and O–H groups in total. The molecule has 1 aliphatic heterocycles. The normalized spacial score (nSPS) is 18.1. The number of aromatic nitrogens is 7. The monoisotopic (exact) mass is 660 g/mol. The van der Waals surface area contributed by atoms with Crippen LogP contribution in [0.5, 0.6) is 0 Å². The van der Waals surface area contributed by atoms with E-state index in [0.29, 0.717) is 56.3 Å². The molecule has 47 heavy (non-hydrogen) atoms. The third-order valence-electron chi connectivity index (χ3n) is 8.58. The second kappa shape index (κ2) is 15.5. The molecule has 4 heterocycles. The lowest BCUT2D eigenvalue weighted by Gasteiger charge is -2.28. The summed E-state index contributed by atoms with van der Waals surface area (Å²) in [6.45, 7) is 9.09. The summed E-state index contributed by atoms with van der Waals surface area (Å²) in [5.41, 5.74) is 3.57. The largest absolute Gasteiger partial charge is 0.344 e. The molecule has 250 valence electrons. The molecule has 4 aromatic rings. The van der Waals surface area contributed by atoms with Crippen molar-refractivity contribution < 1.29 is 14.4 Å². The molecule has 0 spiro atoms. The van der Waals surface area contributed by atoms with Crippen LogP contribution in [0.4, 0.5) is 0 Å². The molecular weight excluding hydrogens is 616 g/mol. The van der Waals surface area contributed by atoms with Gasteiger partial charge in [0.25, 0.3) is 5.78 Å². The number of carbonyl (C=O) groups is 3. The molecular formula is C33H44N10O3S. The number of carbonyl (C=O) groups excluding carboxylic acids is 3. The molecule has 1 aliphatic rings. The SMILES string of the molecule is CSCC[C@@H]1NC(=O)CCCN(C(=O)CCc2c(C)nc3ncnn3c2C)CCn2nc(-c3ccccc3)nc2[C@@H](C(C)C)NC1=O. The molecule has 0 aliphatic carbocycles. The summed E-state index contributed by atoms with van der Waals surface area (Å²) in [5, 5.41) is 15.3. The van der Waals surface area contributed by atoms with Crippen LogP contribution in [0.1, 0.15) is 68.3 Å². The van der Waals surface area contributed by atoms with Crippen molar-refractivity contribution in [2.24, 2.45) is 5.92 Å². The second-order valence-electron chi connectivity index (χ2n) is 12.2. The van der Waals surface area contributed by atoms with Crippen molar-refractivity contribution in [1.82, 2.24) is 49.9 Å². The Balaban J connectivity index is 1.44. The second-order valence-corrected chi connectivity index (χ2v) is 13.2. The number of amides is 3. The summed E-state index contributed by atoms with van der Waals surface area (Å²) in [4.78, 5) is 56.0. The van der Waals surface area contributed by atoms with E-state index >= 15 is 0 Å². The molecule has 3 amide bonds.